The van der Waals surface area contributed by atoms with E-state index in [1.54, 1.807) is 12.1 Å². The van der Waals surface area contributed by atoms with Crippen LogP contribution in [0.25, 0.3) is 0 Å². The molecule has 0 fully saturated rings. The van der Waals surface area contributed by atoms with Crippen molar-refractivity contribution in [2.75, 3.05) is 6.54 Å². The maximum atomic E-state index is 12.9. The standard InChI is InChI=1S/C13H16FNO/c1-4-13(2,3)15-9-12(16)10-6-5-7-11(14)8-10/h1,5-8,12,15-16H,9H2,2-3H3. The molecule has 0 saturated heterocycles. The second-order valence-corrected chi connectivity index (χ2v) is 4.22. The zero-order valence-corrected chi connectivity index (χ0v) is 9.50. The Morgan fingerprint density at radius 2 is 2.25 bits per heavy atom. The average Bonchev–Trinajstić information content (AvgIpc) is 2.26. The predicted molar refractivity (Wildman–Crippen MR) is 62.3 cm³/mol. The van der Waals surface area contributed by atoms with Crippen LogP contribution in [0.5, 0.6) is 0 Å². The fourth-order valence-electron chi connectivity index (χ4n) is 1.23. The number of terminal acetylenes is 1. The SMILES string of the molecule is C#CC(C)(C)NCC(O)c1cccc(F)c1. The molecule has 0 aliphatic carbocycles. The number of rotatable bonds is 4. The van der Waals surface area contributed by atoms with Gasteiger partial charge in [-0.2, -0.15) is 0 Å². The molecule has 0 saturated carbocycles. The van der Waals surface area contributed by atoms with E-state index >= 15 is 0 Å². The molecule has 0 aliphatic rings. The van der Waals surface area contributed by atoms with Crippen molar-refractivity contribution in [3.8, 4) is 12.3 Å². The minimum absolute atomic E-state index is 0.292. The second-order valence-electron chi connectivity index (χ2n) is 4.22. The summed E-state index contributed by atoms with van der Waals surface area (Å²) in [6.45, 7) is 3.97. The van der Waals surface area contributed by atoms with E-state index in [1.165, 1.54) is 12.1 Å². The maximum Gasteiger partial charge on any atom is 0.123 e. The van der Waals surface area contributed by atoms with Crippen LogP contribution in [0.1, 0.15) is 25.5 Å². The summed E-state index contributed by atoms with van der Waals surface area (Å²) < 4.78 is 12.9. The third-order valence-electron chi connectivity index (χ3n) is 2.33. The lowest BCUT2D eigenvalue weighted by Gasteiger charge is -2.22. The van der Waals surface area contributed by atoms with Crippen molar-refractivity contribution in [2.24, 2.45) is 0 Å². The molecule has 0 radical (unpaired) electrons. The normalized spacial score (nSPS) is 13.2. The van der Waals surface area contributed by atoms with E-state index in [0.717, 1.165) is 0 Å². The highest BCUT2D eigenvalue weighted by Crippen LogP contribution is 2.14. The summed E-state index contributed by atoms with van der Waals surface area (Å²) in [5.41, 5.74) is 0.0641. The summed E-state index contributed by atoms with van der Waals surface area (Å²) in [5, 5.41) is 12.8. The number of benzene rings is 1. The molecular formula is C13H16FNO. The number of aliphatic hydroxyl groups excluding tert-OH is 1. The molecule has 1 unspecified atom stereocenters. The zero-order chi connectivity index (χ0) is 12.2. The lowest BCUT2D eigenvalue weighted by atomic mass is 10.1. The Bertz CT molecular complexity index is 395. The van der Waals surface area contributed by atoms with Gasteiger partial charge >= 0.3 is 0 Å². The number of β-amino-alcohol motifs (C(OH)–C–C–N with tert-alkyl or cyclic N) is 1. The van der Waals surface area contributed by atoms with Crippen LogP contribution in [0.15, 0.2) is 24.3 Å². The fraction of sp³-hybridized carbons (Fsp3) is 0.385. The molecule has 0 spiro atoms. The van der Waals surface area contributed by atoms with E-state index < -0.39 is 11.6 Å². The van der Waals surface area contributed by atoms with Crippen LogP contribution in [0.2, 0.25) is 0 Å². The number of hydrogen-bond acceptors (Lipinski definition) is 2. The Morgan fingerprint density at radius 3 is 2.81 bits per heavy atom. The van der Waals surface area contributed by atoms with Gasteiger partial charge in [0.05, 0.1) is 11.6 Å². The van der Waals surface area contributed by atoms with E-state index in [9.17, 15) is 9.50 Å². The van der Waals surface area contributed by atoms with Gasteiger partial charge in [-0.15, -0.1) is 6.42 Å². The molecule has 0 aliphatic heterocycles. The van der Waals surface area contributed by atoms with E-state index in [1.807, 2.05) is 13.8 Å². The van der Waals surface area contributed by atoms with Crippen molar-refractivity contribution in [3.05, 3.63) is 35.6 Å². The van der Waals surface area contributed by atoms with Crippen LogP contribution >= 0.6 is 0 Å². The van der Waals surface area contributed by atoms with Gasteiger partial charge in [0.2, 0.25) is 0 Å². The first-order chi connectivity index (χ1) is 7.44. The molecule has 2 N–H and O–H groups in total. The smallest absolute Gasteiger partial charge is 0.123 e. The van der Waals surface area contributed by atoms with Gasteiger partial charge in [0, 0.05) is 6.54 Å². The van der Waals surface area contributed by atoms with Gasteiger partial charge in [0.15, 0.2) is 0 Å². The van der Waals surface area contributed by atoms with E-state index in [4.69, 9.17) is 6.42 Å². The molecule has 0 aromatic heterocycles. The Morgan fingerprint density at radius 1 is 1.56 bits per heavy atom. The molecule has 1 aromatic rings. The molecule has 16 heavy (non-hydrogen) atoms. The minimum Gasteiger partial charge on any atom is -0.387 e. The summed E-state index contributed by atoms with van der Waals surface area (Å²) in [7, 11) is 0. The van der Waals surface area contributed by atoms with Gasteiger partial charge in [-0.05, 0) is 31.5 Å². The number of aliphatic hydroxyl groups is 1. The molecule has 1 rings (SSSR count). The van der Waals surface area contributed by atoms with Crippen molar-refractivity contribution in [2.45, 2.75) is 25.5 Å². The summed E-state index contributed by atoms with van der Waals surface area (Å²) in [6, 6.07) is 5.91. The fourth-order valence-corrected chi connectivity index (χ4v) is 1.23. The van der Waals surface area contributed by atoms with Crippen molar-refractivity contribution < 1.29 is 9.50 Å². The number of hydrogen-bond donors (Lipinski definition) is 2. The molecular weight excluding hydrogens is 205 g/mol. The predicted octanol–water partition coefficient (Wildman–Crippen LogP) is 1.86. The van der Waals surface area contributed by atoms with Crippen LogP contribution in [-0.2, 0) is 0 Å². The molecule has 0 amide bonds. The molecule has 3 heteroatoms. The van der Waals surface area contributed by atoms with Gasteiger partial charge in [0.25, 0.3) is 0 Å². The summed E-state index contributed by atoms with van der Waals surface area (Å²) >= 11 is 0. The van der Waals surface area contributed by atoms with Gasteiger partial charge in [0.1, 0.15) is 5.82 Å². The van der Waals surface area contributed by atoms with Crippen LogP contribution in [-0.4, -0.2) is 17.2 Å². The van der Waals surface area contributed by atoms with Crippen molar-refractivity contribution in [1.82, 2.24) is 5.32 Å². The molecule has 86 valence electrons. The third kappa shape index (κ3) is 3.65. The third-order valence-corrected chi connectivity index (χ3v) is 2.33. The van der Waals surface area contributed by atoms with Crippen LogP contribution in [0.3, 0.4) is 0 Å². The molecule has 2 nitrogen and oxygen atoms in total. The van der Waals surface area contributed by atoms with E-state index in [2.05, 4.69) is 11.2 Å². The highest BCUT2D eigenvalue weighted by atomic mass is 19.1. The van der Waals surface area contributed by atoms with E-state index in [0.29, 0.717) is 12.1 Å². The molecule has 0 bridgehead atoms. The highest BCUT2D eigenvalue weighted by Gasteiger charge is 2.16. The quantitative estimate of drug-likeness (QED) is 0.761. The highest BCUT2D eigenvalue weighted by molar-refractivity contribution is 5.19. The summed E-state index contributed by atoms with van der Waals surface area (Å²) in [5.74, 6) is 2.21. The molecule has 1 atom stereocenters. The Hall–Kier alpha value is -1.37. The zero-order valence-electron chi connectivity index (χ0n) is 9.50. The summed E-state index contributed by atoms with van der Waals surface area (Å²) in [4.78, 5) is 0. The first kappa shape index (κ1) is 12.7. The van der Waals surface area contributed by atoms with Crippen molar-refractivity contribution >= 4 is 0 Å². The lowest BCUT2D eigenvalue weighted by Crippen LogP contribution is -2.40. The molecule has 0 heterocycles. The van der Waals surface area contributed by atoms with Gasteiger partial charge in [-0.3, -0.25) is 5.32 Å². The average molecular weight is 221 g/mol. The summed E-state index contributed by atoms with van der Waals surface area (Å²) in [6.07, 6.45) is 4.54. The van der Waals surface area contributed by atoms with E-state index in [-0.39, 0.29) is 5.82 Å². The molecule has 1 aromatic carbocycles. The van der Waals surface area contributed by atoms with Crippen LogP contribution in [0, 0.1) is 18.2 Å². The first-order valence-corrected chi connectivity index (χ1v) is 5.11. The largest absolute Gasteiger partial charge is 0.387 e. The Kier molecular flexibility index (Phi) is 4.05. The Balaban J connectivity index is 2.60. The monoisotopic (exact) mass is 221 g/mol. The number of nitrogens with one attached hydrogen (secondary N) is 1. The lowest BCUT2D eigenvalue weighted by molar-refractivity contribution is 0.167. The Labute approximate surface area is 95.5 Å². The minimum atomic E-state index is -0.761. The van der Waals surface area contributed by atoms with Crippen LogP contribution in [0.4, 0.5) is 4.39 Å². The maximum absolute atomic E-state index is 12.9. The second kappa shape index (κ2) is 5.11. The number of halogens is 1. The van der Waals surface area contributed by atoms with Gasteiger partial charge < -0.3 is 5.11 Å². The topological polar surface area (TPSA) is 32.3 Å². The van der Waals surface area contributed by atoms with Crippen LogP contribution < -0.4 is 5.32 Å². The first-order valence-electron chi connectivity index (χ1n) is 5.11. The van der Waals surface area contributed by atoms with Crippen molar-refractivity contribution in [1.29, 1.82) is 0 Å². The van der Waals surface area contributed by atoms with Crippen molar-refractivity contribution in [3.63, 3.8) is 0 Å². The van der Waals surface area contributed by atoms with Gasteiger partial charge in [-0.1, -0.05) is 18.1 Å². The van der Waals surface area contributed by atoms with Gasteiger partial charge in [-0.25, -0.2) is 4.39 Å².